The Labute approximate surface area is 118 Å². The Morgan fingerprint density at radius 2 is 2.35 bits per heavy atom. The molecule has 20 heavy (non-hydrogen) atoms. The van der Waals surface area contributed by atoms with Gasteiger partial charge in [0.2, 0.25) is 15.9 Å². The van der Waals surface area contributed by atoms with E-state index in [2.05, 4.69) is 15.1 Å². The molecule has 0 bridgehead atoms. The topological polar surface area (TPSA) is 96.3 Å². The summed E-state index contributed by atoms with van der Waals surface area (Å²) >= 11 is 0. The molecule has 0 aliphatic carbocycles. The molecule has 1 aliphatic rings. The summed E-state index contributed by atoms with van der Waals surface area (Å²) in [7, 11) is -2.05. The number of carbonyl (C=O) groups excluding carboxylic acids is 1. The number of amides is 1. The maximum absolute atomic E-state index is 12.0. The normalized spacial score (nSPS) is 20.1. The monoisotopic (exact) mass is 301 g/mol. The van der Waals surface area contributed by atoms with E-state index in [0.717, 1.165) is 6.54 Å². The summed E-state index contributed by atoms with van der Waals surface area (Å²) < 4.78 is 27.6. The Hall–Kier alpha value is -1.45. The van der Waals surface area contributed by atoms with Crippen LogP contribution in [0.4, 0.5) is 0 Å². The van der Waals surface area contributed by atoms with Crippen LogP contribution in [0.3, 0.4) is 0 Å². The molecule has 1 aliphatic heterocycles. The second-order valence-corrected chi connectivity index (χ2v) is 6.64. The number of hydrogen-bond acceptors (Lipinski definition) is 5. The zero-order chi connectivity index (χ0) is 14.8. The molecular formula is C11H19N5O3S. The molecule has 1 unspecified atom stereocenters. The number of nitrogens with one attached hydrogen (secondary N) is 2. The van der Waals surface area contributed by atoms with Crippen LogP contribution in [0.2, 0.25) is 0 Å². The minimum atomic E-state index is -3.68. The average Bonchev–Trinajstić information content (AvgIpc) is 2.83. The third kappa shape index (κ3) is 3.56. The first-order valence-electron chi connectivity index (χ1n) is 6.38. The molecule has 2 N–H and O–H groups in total. The van der Waals surface area contributed by atoms with Crippen LogP contribution in [0.15, 0.2) is 17.3 Å². The smallest absolute Gasteiger partial charge is 0.244 e. The van der Waals surface area contributed by atoms with E-state index in [1.807, 2.05) is 6.92 Å². The van der Waals surface area contributed by atoms with Gasteiger partial charge in [0, 0.05) is 38.9 Å². The van der Waals surface area contributed by atoms with Crippen molar-refractivity contribution in [3.63, 3.8) is 0 Å². The molecule has 0 aromatic carbocycles. The quantitative estimate of drug-likeness (QED) is 0.707. The van der Waals surface area contributed by atoms with Gasteiger partial charge in [-0.05, 0) is 6.92 Å². The average molecular weight is 301 g/mol. The van der Waals surface area contributed by atoms with Crippen molar-refractivity contribution in [3.05, 3.63) is 12.4 Å². The van der Waals surface area contributed by atoms with Gasteiger partial charge in [-0.2, -0.15) is 5.10 Å². The van der Waals surface area contributed by atoms with E-state index in [-0.39, 0.29) is 23.4 Å². The number of piperazine rings is 1. The largest absolute Gasteiger partial charge is 0.339 e. The van der Waals surface area contributed by atoms with Crippen LogP contribution < -0.4 is 10.0 Å². The summed E-state index contributed by atoms with van der Waals surface area (Å²) in [5.41, 5.74) is 0. The Morgan fingerprint density at radius 1 is 1.60 bits per heavy atom. The van der Waals surface area contributed by atoms with Crippen LogP contribution in [-0.2, 0) is 21.9 Å². The zero-order valence-electron chi connectivity index (χ0n) is 11.5. The minimum Gasteiger partial charge on any atom is -0.339 e. The predicted octanol–water partition coefficient (Wildman–Crippen LogP) is -1.48. The van der Waals surface area contributed by atoms with Crippen LogP contribution in [0.5, 0.6) is 0 Å². The molecule has 1 amide bonds. The number of sulfonamides is 1. The Morgan fingerprint density at radius 3 is 2.95 bits per heavy atom. The second-order valence-electron chi connectivity index (χ2n) is 4.87. The molecule has 112 valence electrons. The summed E-state index contributed by atoms with van der Waals surface area (Å²) in [6.07, 6.45) is 2.64. The van der Waals surface area contributed by atoms with Crippen molar-refractivity contribution in [2.75, 3.05) is 26.2 Å². The van der Waals surface area contributed by atoms with Crippen molar-refractivity contribution in [2.24, 2.45) is 7.05 Å². The number of hydrogen-bond donors (Lipinski definition) is 2. The molecular weight excluding hydrogens is 282 g/mol. The highest BCUT2D eigenvalue weighted by atomic mass is 32.2. The fourth-order valence-electron chi connectivity index (χ4n) is 2.05. The van der Waals surface area contributed by atoms with Crippen molar-refractivity contribution < 1.29 is 13.2 Å². The number of rotatable bonds is 4. The lowest BCUT2D eigenvalue weighted by atomic mass is 10.2. The Balaban J connectivity index is 1.92. The van der Waals surface area contributed by atoms with Gasteiger partial charge < -0.3 is 10.2 Å². The highest BCUT2D eigenvalue weighted by Gasteiger charge is 2.23. The molecule has 8 nitrogen and oxygen atoms in total. The molecule has 1 saturated heterocycles. The number of aryl methyl sites for hydroxylation is 1. The van der Waals surface area contributed by atoms with Crippen LogP contribution in [0.1, 0.15) is 6.92 Å². The van der Waals surface area contributed by atoms with Gasteiger partial charge in [-0.15, -0.1) is 0 Å². The first-order chi connectivity index (χ1) is 9.38. The number of nitrogens with zero attached hydrogens (tertiary/aromatic N) is 3. The SMILES string of the molecule is CC1CN(C(=O)CNS(=O)(=O)c2cnn(C)c2)CCN1. The first-order valence-corrected chi connectivity index (χ1v) is 7.86. The summed E-state index contributed by atoms with van der Waals surface area (Å²) in [5.74, 6) is -0.217. The van der Waals surface area contributed by atoms with E-state index < -0.39 is 10.0 Å². The molecule has 0 saturated carbocycles. The van der Waals surface area contributed by atoms with E-state index in [9.17, 15) is 13.2 Å². The van der Waals surface area contributed by atoms with E-state index in [0.29, 0.717) is 13.1 Å². The van der Waals surface area contributed by atoms with Crippen molar-refractivity contribution in [3.8, 4) is 0 Å². The van der Waals surface area contributed by atoms with Crippen molar-refractivity contribution in [2.45, 2.75) is 17.9 Å². The van der Waals surface area contributed by atoms with E-state index in [1.54, 1.807) is 11.9 Å². The molecule has 1 fully saturated rings. The zero-order valence-corrected chi connectivity index (χ0v) is 12.4. The Bertz CT molecular complexity index is 583. The lowest BCUT2D eigenvalue weighted by Crippen LogP contribution is -2.53. The van der Waals surface area contributed by atoms with E-state index >= 15 is 0 Å². The summed E-state index contributed by atoms with van der Waals surface area (Å²) in [4.78, 5) is 13.7. The highest BCUT2D eigenvalue weighted by molar-refractivity contribution is 7.89. The van der Waals surface area contributed by atoms with Crippen LogP contribution >= 0.6 is 0 Å². The molecule has 1 aromatic heterocycles. The van der Waals surface area contributed by atoms with Crippen LogP contribution in [-0.4, -0.2) is 61.2 Å². The van der Waals surface area contributed by atoms with Gasteiger partial charge in [-0.1, -0.05) is 0 Å². The van der Waals surface area contributed by atoms with Crippen LogP contribution in [0, 0.1) is 0 Å². The highest BCUT2D eigenvalue weighted by Crippen LogP contribution is 2.06. The van der Waals surface area contributed by atoms with Gasteiger partial charge in [0.25, 0.3) is 0 Å². The van der Waals surface area contributed by atoms with Crippen molar-refractivity contribution in [1.29, 1.82) is 0 Å². The number of aromatic nitrogens is 2. The summed E-state index contributed by atoms with van der Waals surface area (Å²) in [6.45, 7) is 3.66. The minimum absolute atomic E-state index is 0.0569. The number of carbonyl (C=O) groups is 1. The first kappa shape index (κ1) is 14.9. The van der Waals surface area contributed by atoms with Gasteiger partial charge in [0.05, 0.1) is 12.7 Å². The maximum atomic E-state index is 12.0. The summed E-state index contributed by atoms with van der Waals surface area (Å²) in [6, 6.07) is 0.225. The van der Waals surface area contributed by atoms with E-state index in [1.165, 1.54) is 17.1 Å². The lowest BCUT2D eigenvalue weighted by Gasteiger charge is -2.31. The second kappa shape index (κ2) is 5.90. The fraction of sp³-hybridized carbons (Fsp3) is 0.636. The van der Waals surface area contributed by atoms with Gasteiger partial charge >= 0.3 is 0 Å². The van der Waals surface area contributed by atoms with Gasteiger partial charge in [-0.3, -0.25) is 9.48 Å². The lowest BCUT2D eigenvalue weighted by molar-refractivity contribution is -0.131. The molecule has 1 atom stereocenters. The third-order valence-electron chi connectivity index (χ3n) is 3.13. The standard InChI is InChI=1S/C11H19N5O3S/c1-9-7-16(4-3-12-9)11(17)6-14-20(18,19)10-5-13-15(2)8-10/h5,8-9,12,14H,3-4,6-7H2,1-2H3. The molecule has 2 rings (SSSR count). The Kier molecular flexibility index (Phi) is 4.41. The fourth-order valence-corrected chi connectivity index (χ4v) is 3.01. The van der Waals surface area contributed by atoms with Gasteiger partial charge in [-0.25, -0.2) is 13.1 Å². The predicted molar refractivity (Wildman–Crippen MR) is 72.4 cm³/mol. The molecule has 0 spiro atoms. The molecule has 0 radical (unpaired) electrons. The maximum Gasteiger partial charge on any atom is 0.244 e. The van der Waals surface area contributed by atoms with Crippen molar-refractivity contribution in [1.82, 2.24) is 24.7 Å². The van der Waals surface area contributed by atoms with Gasteiger partial charge in [0.15, 0.2) is 0 Å². The van der Waals surface area contributed by atoms with Crippen molar-refractivity contribution >= 4 is 15.9 Å². The third-order valence-corrected chi connectivity index (χ3v) is 4.48. The van der Waals surface area contributed by atoms with Crippen LogP contribution in [0.25, 0.3) is 0 Å². The van der Waals surface area contributed by atoms with E-state index in [4.69, 9.17) is 0 Å². The molecule has 1 aromatic rings. The molecule has 9 heteroatoms. The summed E-state index contributed by atoms with van der Waals surface area (Å²) in [5, 5.41) is 7.03. The molecule has 2 heterocycles. The van der Waals surface area contributed by atoms with Gasteiger partial charge in [0.1, 0.15) is 4.90 Å².